The number of nitrogens with one attached hydrogen (secondary N) is 2. The molecule has 0 unspecified atom stereocenters. The van der Waals surface area contributed by atoms with E-state index in [0.717, 1.165) is 6.42 Å². The number of hydrogen-bond acceptors (Lipinski definition) is 6. The number of carbonyl (C=O) groups excluding carboxylic acids is 2. The Bertz CT molecular complexity index is 824. The first-order valence-corrected chi connectivity index (χ1v) is 8.12. The van der Waals surface area contributed by atoms with Crippen molar-refractivity contribution in [2.45, 2.75) is 33.2 Å². The lowest BCUT2D eigenvalue weighted by molar-refractivity contribution is -0.389. The maximum absolute atomic E-state index is 12.2. The van der Waals surface area contributed by atoms with Gasteiger partial charge in [-0.3, -0.25) is 14.3 Å². The fourth-order valence-corrected chi connectivity index (χ4v) is 2.35. The molecule has 0 spiro atoms. The van der Waals surface area contributed by atoms with E-state index in [1.54, 1.807) is 14.0 Å². The molecule has 2 N–H and O–H groups in total. The molecule has 11 heteroatoms. The summed E-state index contributed by atoms with van der Waals surface area (Å²) in [6.07, 6.45) is 2.24. The minimum atomic E-state index is -0.583. The van der Waals surface area contributed by atoms with Gasteiger partial charge in [0.25, 0.3) is 5.91 Å². The second-order valence-electron chi connectivity index (χ2n) is 5.71. The zero-order chi connectivity index (χ0) is 19.3. The highest BCUT2D eigenvalue weighted by molar-refractivity contribution is 6.02. The van der Waals surface area contributed by atoms with Gasteiger partial charge in [-0.25, -0.2) is 0 Å². The molecule has 2 amide bonds. The summed E-state index contributed by atoms with van der Waals surface area (Å²) in [7, 11) is 1.61. The van der Waals surface area contributed by atoms with Crippen molar-refractivity contribution in [2.75, 3.05) is 11.9 Å². The average Bonchev–Trinajstić information content (AvgIpc) is 3.14. The first-order chi connectivity index (χ1) is 12.3. The molecule has 0 aliphatic rings. The molecule has 2 aromatic heterocycles. The Hall–Kier alpha value is -3.24. The first-order valence-electron chi connectivity index (χ1n) is 8.12. The Balaban J connectivity index is 2.00. The van der Waals surface area contributed by atoms with Crippen LogP contribution >= 0.6 is 0 Å². The molecule has 0 saturated heterocycles. The van der Waals surface area contributed by atoms with Crippen LogP contribution in [0.25, 0.3) is 0 Å². The Morgan fingerprint density at radius 2 is 2.12 bits per heavy atom. The standard InChI is InChI=1S/C15H21N7O4/c1-4-6-16-15(24)14-11(9-17-20(14)3)18-13(23)5-7-21-10(2)8-12(19-21)22(25)26/h8-9H,4-7H2,1-3H3,(H,16,24)(H,18,23). The number of hydrogen-bond donors (Lipinski definition) is 2. The SMILES string of the molecule is CCCNC(=O)c1c(NC(=O)CCn2nc([N+](=O)[O-])cc2C)cnn1C. The summed E-state index contributed by atoms with van der Waals surface area (Å²) in [6, 6.07) is 1.34. The lowest BCUT2D eigenvalue weighted by Crippen LogP contribution is -2.27. The van der Waals surface area contributed by atoms with Crippen molar-refractivity contribution < 1.29 is 14.5 Å². The molecule has 0 atom stereocenters. The van der Waals surface area contributed by atoms with Gasteiger partial charge in [-0.05, 0) is 18.3 Å². The molecular formula is C15H21N7O4. The molecule has 0 saturated carbocycles. The zero-order valence-electron chi connectivity index (χ0n) is 14.9. The molecule has 26 heavy (non-hydrogen) atoms. The molecule has 11 nitrogen and oxygen atoms in total. The third-order valence-electron chi connectivity index (χ3n) is 3.67. The van der Waals surface area contributed by atoms with Crippen molar-refractivity contribution in [1.82, 2.24) is 24.9 Å². The van der Waals surface area contributed by atoms with Crippen LogP contribution in [0.5, 0.6) is 0 Å². The summed E-state index contributed by atoms with van der Waals surface area (Å²) in [5.41, 5.74) is 1.16. The number of amides is 2. The topological polar surface area (TPSA) is 137 Å². The summed E-state index contributed by atoms with van der Waals surface area (Å²) in [6.45, 7) is 4.32. The summed E-state index contributed by atoms with van der Waals surface area (Å²) in [5, 5.41) is 23.9. The van der Waals surface area contributed by atoms with E-state index in [9.17, 15) is 19.7 Å². The molecule has 2 heterocycles. The molecule has 2 rings (SSSR count). The fraction of sp³-hybridized carbons (Fsp3) is 0.467. The van der Waals surface area contributed by atoms with Gasteiger partial charge in [-0.2, -0.15) is 9.78 Å². The molecular weight excluding hydrogens is 342 g/mol. The van der Waals surface area contributed by atoms with E-state index < -0.39 is 4.92 Å². The molecule has 0 fully saturated rings. The van der Waals surface area contributed by atoms with Gasteiger partial charge in [0.2, 0.25) is 5.91 Å². The second kappa shape index (κ2) is 8.23. The van der Waals surface area contributed by atoms with Crippen molar-refractivity contribution in [3.63, 3.8) is 0 Å². The van der Waals surface area contributed by atoms with Gasteiger partial charge < -0.3 is 20.7 Å². The first kappa shape index (κ1) is 19.1. The van der Waals surface area contributed by atoms with Crippen molar-refractivity contribution in [3.05, 3.63) is 33.8 Å². The summed E-state index contributed by atoms with van der Waals surface area (Å²) >= 11 is 0. The molecule has 0 bridgehead atoms. The van der Waals surface area contributed by atoms with E-state index in [0.29, 0.717) is 17.9 Å². The highest BCUT2D eigenvalue weighted by atomic mass is 16.6. The lowest BCUT2D eigenvalue weighted by Gasteiger charge is -2.08. The highest BCUT2D eigenvalue weighted by Crippen LogP contribution is 2.15. The summed E-state index contributed by atoms with van der Waals surface area (Å²) < 4.78 is 2.79. The molecule has 0 aliphatic heterocycles. The zero-order valence-corrected chi connectivity index (χ0v) is 14.9. The normalized spacial score (nSPS) is 10.6. The Labute approximate surface area is 149 Å². The monoisotopic (exact) mass is 363 g/mol. The Morgan fingerprint density at radius 3 is 2.73 bits per heavy atom. The predicted octanol–water partition coefficient (Wildman–Crippen LogP) is 1.00. The Kier molecular flexibility index (Phi) is 6.04. The van der Waals surface area contributed by atoms with E-state index in [1.165, 1.54) is 21.6 Å². The van der Waals surface area contributed by atoms with Gasteiger partial charge in [-0.1, -0.05) is 6.92 Å². The number of nitro groups is 1. The quantitative estimate of drug-likeness (QED) is 0.530. The van der Waals surface area contributed by atoms with Crippen molar-refractivity contribution in [3.8, 4) is 0 Å². The minimum absolute atomic E-state index is 0.0462. The molecule has 0 aliphatic carbocycles. The molecule has 0 aromatic carbocycles. The van der Waals surface area contributed by atoms with Crippen LogP contribution in [0.4, 0.5) is 11.5 Å². The lowest BCUT2D eigenvalue weighted by atomic mass is 10.3. The second-order valence-corrected chi connectivity index (χ2v) is 5.71. The smallest absolute Gasteiger partial charge is 0.358 e. The summed E-state index contributed by atoms with van der Waals surface area (Å²) in [4.78, 5) is 34.5. The third kappa shape index (κ3) is 4.43. The van der Waals surface area contributed by atoms with E-state index in [4.69, 9.17) is 0 Å². The van der Waals surface area contributed by atoms with Crippen LogP contribution in [0.2, 0.25) is 0 Å². The number of aromatic nitrogens is 4. The van der Waals surface area contributed by atoms with E-state index in [2.05, 4.69) is 20.8 Å². The van der Waals surface area contributed by atoms with Crippen LogP contribution in [0, 0.1) is 17.0 Å². The van der Waals surface area contributed by atoms with Crippen LogP contribution in [-0.2, 0) is 18.4 Å². The average molecular weight is 363 g/mol. The molecule has 0 radical (unpaired) electrons. The van der Waals surface area contributed by atoms with Crippen LogP contribution < -0.4 is 10.6 Å². The van der Waals surface area contributed by atoms with E-state index in [-0.39, 0.29) is 36.3 Å². The van der Waals surface area contributed by atoms with Crippen molar-refractivity contribution >= 4 is 23.3 Å². The maximum atomic E-state index is 12.2. The summed E-state index contributed by atoms with van der Waals surface area (Å²) in [5.74, 6) is -0.925. The minimum Gasteiger partial charge on any atom is -0.358 e. The number of anilines is 1. The maximum Gasteiger partial charge on any atom is 0.390 e. The van der Waals surface area contributed by atoms with Gasteiger partial charge in [0, 0.05) is 20.0 Å². The number of rotatable bonds is 8. The highest BCUT2D eigenvalue weighted by Gasteiger charge is 2.19. The molecule has 2 aromatic rings. The van der Waals surface area contributed by atoms with Crippen LogP contribution in [0.15, 0.2) is 12.3 Å². The van der Waals surface area contributed by atoms with Gasteiger partial charge in [0.15, 0.2) is 0 Å². The van der Waals surface area contributed by atoms with Gasteiger partial charge >= 0.3 is 5.82 Å². The van der Waals surface area contributed by atoms with Crippen LogP contribution in [-0.4, -0.2) is 42.8 Å². The van der Waals surface area contributed by atoms with Crippen LogP contribution in [0.1, 0.15) is 35.9 Å². The van der Waals surface area contributed by atoms with Crippen molar-refractivity contribution in [1.29, 1.82) is 0 Å². The number of carbonyl (C=O) groups is 2. The van der Waals surface area contributed by atoms with Gasteiger partial charge in [0.1, 0.15) is 5.69 Å². The van der Waals surface area contributed by atoms with E-state index >= 15 is 0 Å². The van der Waals surface area contributed by atoms with Gasteiger partial charge in [-0.15, -0.1) is 0 Å². The van der Waals surface area contributed by atoms with E-state index in [1.807, 2.05) is 6.92 Å². The van der Waals surface area contributed by atoms with Crippen molar-refractivity contribution in [2.24, 2.45) is 7.05 Å². The van der Waals surface area contributed by atoms with Gasteiger partial charge in [0.05, 0.1) is 35.3 Å². The molecule has 140 valence electrons. The predicted molar refractivity (Wildman–Crippen MR) is 92.7 cm³/mol. The number of aryl methyl sites for hydroxylation is 3. The fourth-order valence-electron chi connectivity index (χ4n) is 2.35. The largest absolute Gasteiger partial charge is 0.390 e. The Morgan fingerprint density at radius 1 is 1.38 bits per heavy atom. The third-order valence-corrected chi connectivity index (χ3v) is 3.67. The van der Waals surface area contributed by atoms with Crippen LogP contribution in [0.3, 0.4) is 0 Å². The number of nitrogens with zero attached hydrogens (tertiary/aromatic N) is 5.